The number of carbonyl (C=O) groups is 1. The summed E-state index contributed by atoms with van der Waals surface area (Å²) in [5.74, 6) is 1.37. The maximum atomic E-state index is 12.6. The van der Waals surface area contributed by atoms with Crippen molar-refractivity contribution in [1.82, 2.24) is 5.43 Å². The van der Waals surface area contributed by atoms with E-state index in [1.54, 1.807) is 0 Å². The number of benzene rings is 1. The summed E-state index contributed by atoms with van der Waals surface area (Å²) in [5.41, 5.74) is 1.74. The minimum Gasteiger partial charge on any atom is -0.275 e. The Morgan fingerprint density at radius 3 is 1.78 bits per heavy atom. The molecular formula is C11H14ClF3N2O. The highest BCUT2D eigenvalue weighted by Crippen LogP contribution is 2.16. The lowest BCUT2D eigenvalue weighted by molar-refractivity contribution is 0.107. The van der Waals surface area contributed by atoms with E-state index >= 15 is 0 Å². The molecule has 1 aromatic rings. The number of hydrogen-bond acceptors (Lipinski definition) is 3. The SMILES string of the molecule is CC(C)(C)NN.O=C(Cl)c1c(F)cc(F)cc1F. The van der Waals surface area contributed by atoms with Crippen LogP contribution in [0.4, 0.5) is 13.2 Å². The molecule has 0 saturated heterocycles. The molecule has 0 atom stereocenters. The third-order valence-electron chi connectivity index (χ3n) is 1.64. The topological polar surface area (TPSA) is 55.1 Å². The number of nitrogens with two attached hydrogens (primary N) is 1. The van der Waals surface area contributed by atoms with Gasteiger partial charge in [0, 0.05) is 17.7 Å². The Kier molecular flexibility index (Phi) is 6.31. The van der Waals surface area contributed by atoms with E-state index < -0.39 is 28.3 Å². The largest absolute Gasteiger partial charge is 0.275 e. The van der Waals surface area contributed by atoms with Gasteiger partial charge in [0.05, 0.1) is 0 Å². The molecule has 0 bridgehead atoms. The second-order valence-electron chi connectivity index (χ2n) is 4.41. The van der Waals surface area contributed by atoms with Gasteiger partial charge in [0.25, 0.3) is 5.24 Å². The second-order valence-corrected chi connectivity index (χ2v) is 4.76. The minimum atomic E-state index is -1.30. The molecule has 1 rings (SSSR count). The Morgan fingerprint density at radius 2 is 1.56 bits per heavy atom. The van der Waals surface area contributed by atoms with Gasteiger partial charge in [-0.25, -0.2) is 13.2 Å². The van der Waals surface area contributed by atoms with Crippen LogP contribution in [0.3, 0.4) is 0 Å². The van der Waals surface area contributed by atoms with Crippen molar-refractivity contribution in [2.45, 2.75) is 26.3 Å². The molecule has 0 heterocycles. The van der Waals surface area contributed by atoms with Gasteiger partial charge in [-0.05, 0) is 32.4 Å². The maximum absolute atomic E-state index is 12.6. The number of hydrazine groups is 1. The first-order chi connectivity index (χ1) is 8.08. The van der Waals surface area contributed by atoms with Crippen molar-refractivity contribution in [1.29, 1.82) is 0 Å². The molecule has 0 amide bonds. The molecule has 0 spiro atoms. The van der Waals surface area contributed by atoms with Gasteiger partial charge in [0.15, 0.2) is 0 Å². The Morgan fingerprint density at radius 1 is 1.22 bits per heavy atom. The molecule has 3 N–H and O–H groups in total. The van der Waals surface area contributed by atoms with Crippen LogP contribution >= 0.6 is 11.6 Å². The Bertz CT molecular complexity index is 410. The van der Waals surface area contributed by atoms with Crippen LogP contribution in [0.25, 0.3) is 0 Å². The van der Waals surface area contributed by atoms with E-state index in [2.05, 4.69) is 5.43 Å². The quantitative estimate of drug-likeness (QED) is 0.473. The Balaban J connectivity index is 0.000000411. The van der Waals surface area contributed by atoms with Crippen LogP contribution in [-0.4, -0.2) is 10.8 Å². The lowest BCUT2D eigenvalue weighted by Gasteiger charge is -2.14. The molecule has 0 radical (unpaired) electrons. The summed E-state index contributed by atoms with van der Waals surface area (Å²) in [6.45, 7) is 6.02. The van der Waals surface area contributed by atoms with Gasteiger partial charge < -0.3 is 0 Å². The molecule has 1 aromatic carbocycles. The van der Waals surface area contributed by atoms with E-state index in [0.717, 1.165) is 0 Å². The fourth-order valence-corrected chi connectivity index (χ4v) is 0.911. The van der Waals surface area contributed by atoms with E-state index in [-0.39, 0.29) is 5.54 Å². The molecule has 0 fully saturated rings. The van der Waals surface area contributed by atoms with E-state index in [1.165, 1.54) is 0 Å². The molecule has 0 aliphatic rings. The molecule has 0 aromatic heterocycles. The van der Waals surface area contributed by atoms with Gasteiger partial charge in [-0.2, -0.15) is 0 Å². The van der Waals surface area contributed by atoms with Crippen molar-refractivity contribution in [3.63, 3.8) is 0 Å². The summed E-state index contributed by atoms with van der Waals surface area (Å²) in [7, 11) is 0. The molecule has 0 saturated carbocycles. The van der Waals surface area contributed by atoms with Crippen molar-refractivity contribution in [3.8, 4) is 0 Å². The Labute approximate surface area is 108 Å². The van der Waals surface area contributed by atoms with Crippen LogP contribution in [0, 0.1) is 17.5 Å². The lowest BCUT2D eigenvalue weighted by atomic mass is 10.1. The van der Waals surface area contributed by atoms with Gasteiger partial charge in [0.1, 0.15) is 23.0 Å². The molecule has 3 nitrogen and oxygen atoms in total. The Hall–Kier alpha value is -1.11. The predicted molar refractivity (Wildman–Crippen MR) is 63.6 cm³/mol. The fraction of sp³-hybridized carbons (Fsp3) is 0.364. The summed E-state index contributed by atoms with van der Waals surface area (Å²) < 4.78 is 37.4. The molecule has 102 valence electrons. The monoisotopic (exact) mass is 282 g/mol. The van der Waals surface area contributed by atoms with Gasteiger partial charge in [-0.3, -0.25) is 16.1 Å². The van der Waals surface area contributed by atoms with Crippen LogP contribution in [0.1, 0.15) is 31.1 Å². The average Bonchev–Trinajstić information content (AvgIpc) is 2.14. The standard InChI is InChI=1S/C7H2ClF3O.C4H12N2/c8-7(12)6-4(10)1-3(9)2-5(6)11;1-4(2,3)6-5/h1-2H;6H,5H2,1-3H3. The van der Waals surface area contributed by atoms with Gasteiger partial charge in [-0.15, -0.1) is 0 Å². The summed E-state index contributed by atoms with van der Waals surface area (Å²) in [6, 6.07) is 0.775. The van der Waals surface area contributed by atoms with Gasteiger partial charge in [0.2, 0.25) is 0 Å². The van der Waals surface area contributed by atoms with Crippen LogP contribution < -0.4 is 11.3 Å². The predicted octanol–water partition coefficient (Wildman–Crippen LogP) is 2.73. The fourth-order valence-electron chi connectivity index (χ4n) is 0.730. The van der Waals surface area contributed by atoms with Crippen LogP contribution in [0.5, 0.6) is 0 Å². The summed E-state index contributed by atoms with van der Waals surface area (Å²) in [6.07, 6.45) is 0. The van der Waals surface area contributed by atoms with E-state index in [9.17, 15) is 18.0 Å². The highest BCUT2D eigenvalue weighted by Gasteiger charge is 2.16. The third kappa shape index (κ3) is 6.00. The summed E-state index contributed by atoms with van der Waals surface area (Å²) >= 11 is 4.82. The molecule has 18 heavy (non-hydrogen) atoms. The molecule has 0 aliphatic carbocycles. The third-order valence-corrected chi connectivity index (χ3v) is 1.83. The molecule has 0 unspecified atom stereocenters. The van der Waals surface area contributed by atoms with E-state index in [1.807, 2.05) is 20.8 Å². The average molecular weight is 283 g/mol. The highest BCUT2D eigenvalue weighted by molar-refractivity contribution is 6.67. The van der Waals surface area contributed by atoms with Gasteiger partial charge in [-0.1, -0.05) is 0 Å². The highest BCUT2D eigenvalue weighted by atomic mass is 35.5. The number of rotatable bonds is 1. The normalized spacial score (nSPS) is 10.7. The summed E-state index contributed by atoms with van der Waals surface area (Å²) in [5, 5.41) is -1.29. The van der Waals surface area contributed by atoms with Crippen molar-refractivity contribution in [2.24, 2.45) is 5.84 Å². The first-order valence-electron chi connectivity index (χ1n) is 4.90. The molecule has 7 heteroatoms. The van der Waals surface area contributed by atoms with Gasteiger partial charge >= 0.3 is 0 Å². The molecule has 0 aliphatic heterocycles. The van der Waals surface area contributed by atoms with Crippen molar-refractivity contribution >= 4 is 16.8 Å². The maximum Gasteiger partial charge on any atom is 0.258 e. The smallest absolute Gasteiger partial charge is 0.258 e. The van der Waals surface area contributed by atoms with Crippen LogP contribution in [0.15, 0.2) is 12.1 Å². The minimum absolute atomic E-state index is 0.0694. The number of hydrogen-bond donors (Lipinski definition) is 2. The number of nitrogens with one attached hydrogen (secondary N) is 1. The van der Waals surface area contributed by atoms with Crippen LogP contribution in [0.2, 0.25) is 0 Å². The van der Waals surface area contributed by atoms with Crippen molar-refractivity contribution < 1.29 is 18.0 Å². The van der Waals surface area contributed by atoms with Crippen molar-refractivity contribution in [2.75, 3.05) is 0 Å². The number of carbonyl (C=O) groups excluding carboxylic acids is 1. The zero-order valence-electron chi connectivity index (χ0n) is 10.2. The van der Waals surface area contributed by atoms with E-state index in [4.69, 9.17) is 17.4 Å². The van der Waals surface area contributed by atoms with E-state index in [0.29, 0.717) is 12.1 Å². The lowest BCUT2D eigenvalue weighted by Crippen LogP contribution is -2.41. The van der Waals surface area contributed by atoms with Crippen molar-refractivity contribution in [3.05, 3.63) is 35.1 Å². The van der Waals surface area contributed by atoms with Crippen LogP contribution in [-0.2, 0) is 0 Å². The second kappa shape index (κ2) is 6.72. The zero-order chi connectivity index (χ0) is 14.5. The first-order valence-corrected chi connectivity index (χ1v) is 5.28. The summed E-state index contributed by atoms with van der Waals surface area (Å²) in [4.78, 5) is 10.4. The zero-order valence-corrected chi connectivity index (χ0v) is 10.9. The molecular weight excluding hydrogens is 269 g/mol. The number of halogens is 4. The first kappa shape index (κ1) is 16.9.